The Morgan fingerprint density at radius 3 is 2.52 bits per heavy atom. The van der Waals surface area contributed by atoms with Crippen molar-refractivity contribution in [2.45, 2.75) is 46.1 Å². The van der Waals surface area contributed by atoms with Crippen molar-refractivity contribution in [3.05, 3.63) is 34.9 Å². The lowest BCUT2D eigenvalue weighted by molar-refractivity contribution is 0.0642. The molecule has 0 aromatic heterocycles. The van der Waals surface area contributed by atoms with Crippen molar-refractivity contribution in [1.82, 2.24) is 10.2 Å². The highest BCUT2D eigenvalue weighted by Crippen LogP contribution is 2.19. The quantitative estimate of drug-likeness (QED) is 0.925. The van der Waals surface area contributed by atoms with Gasteiger partial charge in [-0.25, -0.2) is 0 Å². The Balaban J connectivity index is 0.00000220. The average molecular weight is 311 g/mol. The first-order valence-corrected chi connectivity index (χ1v) is 7.72. The molecule has 1 saturated heterocycles. The standard InChI is InChI=1S/C17H26N2O.ClH/c1-4-11-19(15-7-9-18-10-8-15)17(20)16-6-5-13(2)12-14(16)3;/h5-6,12,15,18H,4,7-11H2,1-3H3;1H. The molecule has 1 fully saturated rings. The molecule has 0 radical (unpaired) electrons. The minimum Gasteiger partial charge on any atom is -0.336 e. The molecule has 0 spiro atoms. The van der Waals surface area contributed by atoms with Crippen molar-refractivity contribution in [1.29, 1.82) is 0 Å². The predicted molar refractivity (Wildman–Crippen MR) is 90.4 cm³/mol. The van der Waals surface area contributed by atoms with Gasteiger partial charge in [0.15, 0.2) is 0 Å². The molecule has 21 heavy (non-hydrogen) atoms. The van der Waals surface area contributed by atoms with Crippen LogP contribution in [0.1, 0.15) is 47.7 Å². The summed E-state index contributed by atoms with van der Waals surface area (Å²) in [5.74, 6) is 0.205. The first-order chi connectivity index (χ1) is 9.63. The number of rotatable bonds is 4. The van der Waals surface area contributed by atoms with Crippen molar-refractivity contribution < 1.29 is 4.79 Å². The van der Waals surface area contributed by atoms with Gasteiger partial charge in [0.05, 0.1) is 0 Å². The lowest BCUT2D eigenvalue weighted by Gasteiger charge is -2.35. The summed E-state index contributed by atoms with van der Waals surface area (Å²) < 4.78 is 0. The average Bonchev–Trinajstić information content (AvgIpc) is 2.45. The summed E-state index contributed by atoms with van der Waals surface area (Å²) in [4.78, 5) is 15.0. The van der Waals surface area contributed by atoms with Crippen molar-refractivity contribution in [2.75, 3.05) is 19.6 Å². The van der Waals surface area contributed by atoms with E-state index in [0.29, 0.717) is 6.04 Å². The molecule has 3 nitrogen and oxygen atoms in total. The third-order valence-corrected chi connectivity index (χ3v) is 4.09. The molecule has 0 saturated carbocycles. The van der Waals surface area contributed by atoms with E-state index in [1.54, 1.807) is 0 Å². The van der Waals surface area contributed by atoms with Gasteiger partial charge in [0.2, 0.25) is 0 Å². The van der Waals surface area contributed by atoms with Gasteiger partial charge in [0.25, 0.3) is 5.91 Å². The molecule has 0 bridgehead atoms. The van der Waals surface area contributed by atoms with Crippen molar-refractivity contribution >= 4 is 18.3 Å². The van der Waals surface area contributed by atoms with Gasteiger partial charge in [-0.3, -0.25) is 4.79 Å². The van der Waals surface area contributed by atoms with Crippen LogP contribution in [0.4, 0.5) is 0 Å². The molecule has 4 heteroatoms. The lowest BCUT2D eigenvalue weighted by atomic mass is 10.0. The van der Waals surface area contributed by atoms with Gasteiger partial charge in [-0.2, -0.15) is 0 Å². The first-order valence-electron chi connectivity index (χ1n) is 7.72. The van der Waals surface area contributed by atoms with Gasteiger partial charge in [0, 0.05) is 18.2 Å². The molecule has 1 heterocycles. The Morgan fingerprint density at radius 1 is 1.29 bits per heavy atom. The number of aryl methyl sites for hydroxylation is 2. The van der Waals surface area contributed by atoms with Gasteiger partial charge < -0.3 is 10.2 Å². The topological polar surface area (TPSA) is 32.3 Å². The van der Waals surface area contributed by atoms with Crippen LogP contribution in [0.25, 0.3) is 0 Å². The van der Waals surface area contributed by atoms with Crippen LogP contribution in [0.3, 0.4) is 0 Å². The smallest absolute Gasteiger partial charge is 0.254 e. The zero-order valence-electron chi connectivity index (χ0n) is 13.3. The Labute approximate surface area is 134 Å². The summed E-state index contributed by atoms with van der Waals surface area (Å²) in [5.41, 5.74) is 3.16. The molecule has 1 aromatic carbocycles. The third kappa shape index (κ3) is 4.45. The molecule has 2 rings (SSSR count). The molecular weight excluding hydrogens is 284 g/mol. The van der Waals surface area contributed by atoms with Gasteiger partial charge in [-0.15, -0.1) is 12.4 Å². The predicted octanol–water partition coefficient (Wildman–Crippen LogP) is 3.33. The molecule has 1 N–H and O–H groups in total. The van der Waals surface area contributed by atoms with E-state index in [1.807, 2.05) is 19.1 Å². The number of benzene rings is 1. The van der Waals surface area contributed by atoms with Crippen molar-refractivity contribution in [3.63, 3.8) is 0 Å². The molecular formula is C17H27ClN2O. The van der Waals surface area contributed by atoms with Crippen LogP contribution in [0.15, 0.2) is 18.2 Å². The Hall–Kier alpha value is -1.06. The second-order valence-corrected chi connectivity index (χ2v) is 5.80. The van der Waals surface area contributed by atoms with E-state index in [1.165, 1.54) is 5.56 Å². The normalized spacial score (nSPS) is 15.4. The van der Waals surface area contributed by atoms with Crippen LogP contribution in [-0.4, -0.2) is 36.5 Å². The fourth-order valence-electron chi connectivity index (χ4n) is 3.02. The van der Waals surface area contributed by atoms with E-state index < -0.39 is 0 Å². The first kappa shape index (κ1) is 18.0. The fraction of sp³-hybridized carbons (Fsp3) is 0.588. The molecule has 1 aliphatic rings. The SMILES string of the molecule is CCCN(C(=O)c1ccc(C)cc1C)C1CCNCC1.Cl. The summed E-state index contributed by atoms with van der Waals surface area (Å²) in [5, 5.41) is 3.37. The molecule has 0 atom stereocenters. The number of piperidine rings is 1. The van der Waals surface area contributed by atoms with E-state index in [0.717, 1.165) is 50.0 Å². The van der Waals surface area contributed by atoms with Crippen LogP contribution < -0.4 is 5.32 Å². The number of nitrogens with zero attached hydrogens (tertiary/aromatic N) is 1. The zero-order valence-corrected chi connectivity index (χ0v) is 14.1. The number of halogens is 1. The molecule has 0 unspecified atom stereocenters. The Kier molecular flexibility index (Phi) is 7.20. The molecule has 1 amide bonds. The van der Waals surface area contributed by atoms with Crippen molar-refractivity contribution in [2.24, 2.45) is 0 Å². The molecule has 118 valence electrons. The highest BCUT2D eigenvalue weighted by atomic mass is 35.5. The van der Waals surface area contributed by atoms with E-state index in [9.17, 15) is 4.79 Å². The highest BCUT2D eigenvalue weighted by molar-refractivity contribution is 5.96. The summed E-state index contributed by atoms with van der Waals surface area (Å²) in [6, 6.07) is 6.51. The molecule has 1 aromatic rings. The minimum absolute atomic E-state index is 0. The maximum Gasteiger partial charge on any atom is 0.254 e. The van der Waals surface area contributed by atoms with E-state index in [-0.39, 0.29) is 18.3 Å². The van der Waals surface area contributed by atoms with Crippen LogP contribution in [0.5, 0.6) is 0 Å². The number of hydrogen-bond donors (Lipinski definition) is 1. The van der Waals surface area contributed by atoms with Gasteiger partial charge in [-0.05, 0) is 57.8 Å². The second kappa shape index (κ2) is 8.40. The summed E-state index contributed by atoms with van der Waals surface area (Å²) in [6.45, 7) is 9.14. The second-order valence-electron chi connectivity index (χ2n) is 5.80. The van der Waals surface area contributed by atoms with Gasteiger partial charge in [0.1, 0.15) is 0 Å². The number of amides is 1. The number of carbonyl (C=O) groups is 1. The minimum atomic E-state index is 0. The number of carbonyl (C=O) groups excluding carboxylic acids is 1. The van der Waals surface area contributed by atoms with Gasteiger partial charge >= 0.3 is 0 Å². The monoisotopic (exact) mass is 310 g/mol. The van der Waals surface area contributed by atoms with Crippen molar-refractivity contribution in [3.8, 4) is 0 Å². The van der Waals surface area contributed by atoms with E-state index in [4.69, 9.17) is 0 Å². The lowest BCUT2D eigenvalue weighted by Crippen LogP contribution is -2.46. The largest absolute Gasteiger partial charge is 0.336 e. The third-order valence-electron chi connectivity index (χ3n) is 4.09. The molecule has 1 aliphatic heterocycles. The number of hydrogen-bond acceptors (Lipinski definition) is 2. The maximum atomic E-state index is 12.9. The van der Waals surface area contributed by atoms with E-state index in [2.05, 4.69) is 30.1 Å². The Bertz CT molecular complexity index is 470. The van der Waals surface area contributed by atoms with Gasteiger partial charge in [-0.1, -0.05) is 24.6 Å². The zero-order chi connectivity index (χ0) is 14.5. The Morgan fingerprint density at radius 2 is 1.95 bits per heavy atom. The summed E-state index contributed by atoms with van der Waals surface area (Å²) >= 11 is 0. The number of nitrogens with one attached hydrogen (secondary N) is 1. The van der Waals surface area contributed by atoms with Crippen LogP contribution in [-0.2, 0) is 0 Å². The highest BCUT2D eigenvalue weighted by Gasteiger charge is 2.26. The molecule has 0 aliphatic carbocycles. The summed E-state index contributed by atoms with van der Waals surface area (Å²) in [7, 11) is 0. The van der Waals surface area contributed by atoms with Crippen LogP contribution in [0, 0.1) is 13.8 Å². The van der Waals surface area contributed by atoms with Crippen LogP contribution in [0.2, 0.25) is 0 Å². The summed E-state index contributed by atoms with van der Waals surface area (Å²) in [6.07, 6.45) is 3.15. The maximum absolute atomic E-state index is 12.9. The van der Waals surface area contributed by atoms with Crippen LogP contribution >= 0.6 is 12.4 Å². The van der Waals surface area contributed by atoms with E-state index >= 15 is 0 Å². The fourth-order valence-corrected chi connectivity index (χ4v) is 3.02.